The van der Waals surface area contributed by atoms with Crippen molar-refractivity contribution < 1.29 is 8.42 Å². The van der Waals surface area contributed by atoms with E-state index in [1.54, 1.807) is 6.33 Å². The van der Waals surface area contributed by atoms with E-state index in [9.17, 15) is 8.42 Å². The molecule has 1 atom stereocenters. The van der Waals surface area contributed by atoms with Crippen molar-refractivity contribution >= 4 is 26.8 Å². The van der Waals surface area contributed by atoms with Gasteiger partial charge in [0.05, 0.1) is 17.8 Å². The molecule has 8 heteroatoms. The first-order valence-electron chi connectivity index (χ1n) is 7.20. The standard InChI is InChI=1S/C13H17N5O2S/c1-9-6-21(19,20)5-4-17(9)12-11-13(15-7-14-12)18(8-16-11)10-2-3-10/h7-10H,2-6H2,1H3. The van der Waals surface area contributed by atoms with Crippen LogP contribution in [0, 0.1) is 0 Å². The van der Waals surface area contributed by atoms with Crippen LogP contribution in [0.1, 0.15) is 25.8 Å². The van der Waals surface area contributed by atoms with Gasteiger partial charge < -0.3 is 9.47 Å². The van der Waals surface area contributed by atoms with Crippen molar-refractivity contribution in [1.82, 2.24) is 19.5 Å². The van der Waals surface area contributed by atoms with Crippen LogP contribution in [0.5, 0.6) is 0 Å². The van der Waals surface area contributed by atoms with Crippen LogP contribution in [0.25, 0.3) is 11.2 Å². The lowest BCUT2D eigenvalue weighted by molar-refractivity contribution is 0.567. The molecule has 1 unspecified atom stereocenters. The molecule has 3 heterocycles. The number of hydrogen-bond donors (Lipinski definition) is 0. The van der Waals surface area contributed by atoms with E-state index in [0.717, 1.165) is 17.0 Å². The van der Waals surface area contributed by atoms with Crippen LogP contribution in [-0.4, -0.2) is 52.0 Å². The summed E-state index contributed by atoms with van der Waals surface area (Å²) in [6, 6.07) is 0.421. The maximum Gasteiger partial charge on any atom is 0.165 e. The summed E-state index contributed by atoms with van der Waals surface area (Å²) < 4.78 is 25.6. The van der Waals surface area contributed by atoms with Crippen LogP contribution < -0.4 is 4.90 Å². The molecular formula is C13H17N5O2S. The highest BCUT2D eigenvalue weighted by Gasteiger charge is 2.32. The Kier molecular flexibility index (Phi) is 2.72. The lowest BCUT2D eigenvalue weighted by atomic mass is 10.3. The Balaban J connectivity index is 1.76. The SMILES string of the molecule is CC1CS(=O)(=O)CCN1c1ncnc2c1ncn2C1CC1. The van der Waals surface area contributed by atoms with Gasteiger partial charge in [0.25, 0.3) is 0 Å². The van der Waals surface area contributed by atoms with E-state index >= 15 is 0 Å². The minimum Gasteiger partial charge on any atom is -0.350 e. The van der Waals surface area contributed by atoms with E-state index in [1.165, 1.54) is 12.8 Å². The van der Waals surface area contributed by atoms with Crippen LogP contribution in [0.3, 0.4) is 0 Å². The zero-order chi connectivity index (χ0) is 14.6. The topological polar surface area (TPSA) is 81.0 Å². The highest BCUT2D eigenvalue weighted by Crippen LogP contribution is 2.37. The molecule has 0 spiro atoms. The van der Waals surface area contributed by atoms with Crippen LogP contribution in [0.2, 0.25) is 0 Å². The number of anilines is 1. The van der Waals surface area contributed by atoms with Gasteiger partial charge in [-0.05, 0) is 19.8 Å². The van der Waals surface area contributed by atoms with Gasteiger partial charge >= 0.3 is 0 Å². The van der Waals surface area contributed by atoms with Gasteiger partial charge in [-0.3, -0.25) is 0 Å². The van der Waals surface area contributed by atoms with Gasteiger partial charge in [-0.15, -0.1) is 0 Å². The van der Waals surface area contributed by atoms with E-state index in [4.69, 9.17) is 0 Å². The summed E-state index contributed by atoms with van der Waals surface area (Å²) in [6.07, 6.45) is 5.71. The number of aromatic nitrogens is 4. The summed E-state index contributed by atoms with van der Waals surface area (Å²) in [6.45, 7) is 2.38. The first kappa shape index (κ1) is 13.0. The van der Waals surface area contributed by atoms with Gasteiger partial charge in [-0.1, -0.05) is 0 Å². The third-order valence-corrected chi connectivity index (χ3v) is 6.02. The van der Waals surface area contributed by atoms with Crippen LogP contribution >= 0.6 is 0 Å². The van der Waals surface area contributed by atoms with Crippen molar-refractivity contribution in [3.63, 3.8) is 0 Å². The van der Waals surface area contributed by atoms with Gasteiger partial charge in [0, 0.05) is 18.6 Å². The van der Waals surface area contributed by atoms with Crippen molar-refractivity contribution in [1.29, 1.82) is 0 Å². The second-order valence-corrected chi connectivity index (χ2v) is 8.14. The van der Waals surface area contributed by atoms with Crippen molar-refractivity contribution in [3.8, 4) is 0 Å². The lowest BCUT2D eigenvalue weighted by Crippen LogP contribution is -2.47. The summed E-state index contributed by atoms with van der Waals surface area (Å²) >= 11 is 0. The highest BCUT2D eigenvalue weighted by atomic mass is 32.2. The summed E-state index contributed by atoms with van der Waals surface area (Å²) in [4.78, 5) is 15.2. The second-order valence-electron chi connectivity index (χ2n) is 5.91. The molecule has 4 rings (SSSR count). The monoisotopic (exact) mass is 307 g/mol. The molecule has 0 aromatic carbocycles. The van der Waals surface area contributed by atoms with E-state index < -0.39 is 9.84 Å². The first-order valence-corrected chi connectivity index (χ1v) is 9.02. The van der Waals surface area contributed by atoms with Crippen LogP contribution in [0.4, 0.5) is 5.82 Å². The maximum absolute atomic E-state index is 11.7. The molecule has 21 heavy (non-hydrogen) atoms. The summed E-state index contributed by atoms with van der Waals surface area (Å²) in [5.41, 5.74) is 1.62. The number of sulfone groups is 1. The third kappa shape index (κ3) is 2.17. The van der Waals surface area contributed by atoms with Gasteiger partial charge in [0.2, 0.25) is 0 Å². The Bertz CT molecular complexity index is 796. The van der Waals surface area contributed by atoms with Gasteiger partial charge in [-0.2, -0.15) is 0 Å². The van der Waals surface area contributed by atoms with E-state index in [1.807, 2.05) is 18.2 Å². The van der Waals surface area contributed by atoms with E-state index in [-0.39, 0.29) is 17.5 Å². The molecule has 1 aliphatic heterocycles. The molecule has 2 aromatic rings. The zero-order valence-corrected chi connectivity index (χ0v) is 12.6. The van der Waals surface area contributed by atoms with Crippen molar-refractivity contribution in [3.05, 3.63) is 12.7 Å². The fraction of sp³-hybridized carbons (Fsp3) is 0.615. The van der Waals surface area contributed by atoms with E-state index in [2.05, 4.69) is 19.5 Å². The normalized spacial score (nSPS) is 25.4. The molecule has 0 N–H and O–H groups in total. The van der Waals surface area contributed by atoms with Crippen molar-refractivity contribution in [2.45, 2.75) is 31.8 Å². The van der Waals surface area contributed by atoms with Crippen LogP contribution in [0.15, 0.2) is 12.7 Å². The fourth-order valence-corrected chi connectivity index (χ4v) is 4.54. The second kappa shape index (κ2) is 4.40. The summed E-state index contributed by atoms with van der Waals surface area (Å²) in [5.74, 6) is 1.09. The number of nitrogens with zero attached hydrogens (tertiary/aromatic N) is 5. The molecule has 7 nitrogen and oxygen atoms in total. The smallest absolute Gasteiger partial charge is 0.165 e. The molecule has 0 amide bonds. The summed E-state index contributed by atoms with van der Waals surface area (Å²) in [5, 5.41) is 0. The lowest BCUT2D eigenvalue weighted by Gasteiger charge is -2.33. The fourth-order valence-electron chi connectivity index (χ4n) is 2.98. The molecule has 2 fully saturated rings. The number of fused-ring (bicyclic) bond motifs is 1. The first-order chi connectivity index (χ1) is 10.1. The molecule has 1 saturated heterocycles. The Labute approximate surface area is 122 Å². The number of imidazole rings is 1. The quantitative estimate of drug-likeness (QED) is 0.816. The Hall–Kier alpha value is -1.70. The predicted molar refractivity (Wildman–Crippen MR) is 79.1 cm³/mol. The molecule has 1 aliphatic carbocycles. The molecule has 2 aromatic heterocycles. The Morgan fingerprint density at radius 1 is 1.24 bits per heavy atom. The number of hydrogen-bond acceptors (Lipinski definition) is 6. The van der Waals surface area contributed by atoms with Crippen LogP contribution in [-0.2, 0) is 9.84 Å². The molecule has 2 aliphatic rings. The number of rotatable bonds is 2. The maximum atomic E-state index is 11.7. The zero-order valence-electron chi connectivity index (χ0n) is 11.8. The summed E-state index contributed by atoms with van der Waals surface area (Å²) in [7, 11) is -2.94. The molecular weight excluding hydrogens is 290 g/mol. The Morgan fingerprint density at radius 3 is 2.76 bits per heavy atom. The average molecular weight is 307 g/mol. The van der Waals surface area contributed by atoms with Gasteiger partial charge in [-0.25, -0.2) is 23.4 Å². The van der Waals surface area contributed by atoms with Crippen molar-refractivity contribution in [2.75, 3.05) is 23.0 Å². The Morgan fingerprint density at radius 2 is 2.05 bits per heavy atom. The minimum atomic E-state index is -2.94. The largest absolute Gasteiger partial charge is 0.350 e. The molecule has 112 valence electrons. The molecule has 0 radical (unpaired) electrons. The molecule has 0 bridgehead atoms. The third-order valence-electron chi connectivity index (χ3n) is 4.22. The highest BCUT2D eigenvalue weighted by molar-refractivity contribution is 7.91. The average Bonchev–Trinajstić information content (AvgIpc) is 3.17. The van der Waals surface area contributed by atoms with Crippen molar-refractivity contribution in [2.24, 2.45) is 0 Å². The predicted octanol–water partition coefficient (Wildman–Crippen LogP) is 0.784. The molecule has 1 saturated carbocycles. The van der Waals surface area contributed by atoms with E-state index in [0.29, 0.717) is 12.6 Å². The van der Waals surface area contributed by atoms with Gasteiger partial charge in [0.1, 0.15) is 6.33 Å². The minimum absolute atomic E-state index is 0.0899. The van der Waals surface area contributed by atoms with Gasteiger partial charge in [0.15, 0.2) is 26.8 Å².